The van der Waals surface area contributed by atoms with Crippen LogP contribution in [0, 0.1) is 23.0 Å². The molecular formula is C24H28F2N4O2. The van der Waals surface area contributed by atoms with Crippen molar-refractivity contribution in [3.8, 4) is 11.3 Å². The van der Waals surface area contributed by atoms with Crippen molar-refractivity contribution in [2.75, 3.05) is 18.5 Å². The molecule has 3 aliphatic rings. The summed E-state index contributed by atoms with van der Waals surface area (Å²) in [5.74, 6) is -0.533. The van der Waals surface area contributed by atoms with Crippen LogP contribution in [0.1, 0.15) is 51.5 Å². The molecule has 3 heterocycles. The fourth-order valence-corrected chi connectivity index (χ4v) is 5.18. The van der Waals surface area contributed by atoms with Crippen molar-refractivity contribution in [2.45, 2.75) is 58.1 Å². The fraction of sp³-hybridized carbons (Fsp3) is 0.542. The number of aliphatic imine (C=N–C) groups is 1. The third-order valence-corrected chi connectivity index (χ3v) is 7.10. The molecule has 2 aliphatic heterocycles. The molecule has 0 spiro atoms. The van der Waals surface area contributed by atoms with E-state index >= 15 is 4.39 Å². The van der Waals surface area contributed by atoms with Gasteiger partial charge in [-0.2, -0.15) is 0 Å². The van der Waals surface area contributed by atoms with Crippen LogP contribution in [0.5, 0.6) is 0 Å². The second kappa shape index (κ2) is 7.85. The summed E-state index contributed by atoms with van der Waals surface area (Å²) in [6.45, 7) is 7.21. The Morgan fingerprint density at radius 1 is 1.19 bits per heavy atom. The number of halogens is 2. The van der Waals surface area contributed by atoms with E-state index < -0.39 is 17.7 Å². The van der Waals surface area contributed by atoms with Gasteiger partial charge in [-0.25, -0.2) is 18.7 Å². The average molecular weight is 443 g/mol. The maximum Gasteiger partial charge on any atom is 0.223 e. The van der Waals surface area contributed by atoms with E-state index in [0.717, 1.165) is 30.3 Å². The van der Waals surface area contributed by atoms with Gasteiger partial charge in [-0.05, 0) is 42.9 Å². The maximum atomic E-state index is 15.2. The molecule has 2 fully saturated rings. The first kappa shape index (κ1) is 21.4. The minimum atomic E-state index is -0.704. The number of hydrogen-bond acceptors (Lipinski definition) is 6. The summed E-state index contributed by atoms with van der Waals surface area (Å²) in [4.78, 5) is 13.1. The van der Waals surface area contributed by atoms with E-state index in [-0.39, 0.29) is 35.6 Å². The minimum Gasteiger partial charge on any atom is -0.389 e. The van der Waals surface area contributed by atoms with E-state index in [2.05, 4.69) is 36.1 Å². The van der Waals surface area contributed by atoms with E-state index in [4.69, 9.17) is 9.73 Å². The van der Waals surface area contributed by atoms with Gasteiger partial charge in [0.05, 0.1) is 24.9 Å². The van der Waals surface area contributed by atoms with Crippen molar-refractivity contribution >= 4 is 17.3 Å². The van der Waals surface area contributed by atoms with Crippen molar-refractivity contribution in [2.24, 2.45) is 16.3 Å². The highest BCUT2D eigenvalue weighted by atomic mass is 19.1. The van der Waals surface area contributed by atoms with Crippen molar-refractivity contribution in [1.82, 2.24) is 9.97 Å². The molecule has 170 valence electrons. The Labute approximate surface area is 186 Å². The summed E-state index contributed by atoms with van der Waals surface area (Å²) < 4.78 is 35.2. The molecule has 6 nitrogen and oxygen atoms in total. The van der Waals surface area contributed by atoms with Gasteiger partial charge in [0.15, 0.2) is 5.82 Å². The molecule has 0 bridgehead atoms. The molecule has 0 radical (unpaired) electrons. The summed E-state index contributed by atoms with van der Waals surface area (Å²) in [5.41, 5.74) is 2.49. The first-order chi connectivity index (χ1) is 15.2. The summed E-state index contributed by atoms with van der Waals surface area (Å²) >= 11 is 0. The molecule has 2 aromatic rings. The number of fused-ring (bicyclic) bond motifs is 3. The standard InChI is InChI=1S/C24H28F2N4O2/c1-12-4-6-24(2,3)22-19(12)14-8-13(9-15(25)21(14)29-22)20-16(26)10-27-23(30-20)28-17-5-7-32-11-18(17)31/h8-10,12,17-19,31H,4-7,11H2,1-3H3,(H,27,28,30)/t12?,17-,18-,19?/m1/s1. The second-order valence-corrected chi connectivity index (χ2v) is 9.84. The van der Waals surface area contributed by atoms with Crippen molar-refractivity contribution in [3.05, 3.63) is 35.5 Å². The molecule has 1 saturated heterocycles. The minimum absolute atomic E-state index is 0.0296. The number of rotatable bonds is 3. The first-order valence-corrected chi connectivity index (χ1v) is 11.2. The van der Waals surface area contributed by atoms with E-state index in [1.807, 2.05) is 6.07 Å². The molecule has 4 atom stereocenters. The lowest BCUT2D eigenvalue weighted by atomic mass is 9.65. The molecule has 1 aromatic carbocycles. The highest BCUT2D eigenvalue weighted by Crippen LogP contribution is 2.52. The second-order valence-electron chi connectivity index (χ2n) is 9.84. The fourth-order valence-electron chi connectivity index (χ4n) is 5.18. The smallest absolute Gasteiger partial charge is 0.223 e. The molecule has 1 aliphatic carbocycles. The normalized spacial score (nSPS) is 28.6. The number of anilines is 1. The van der Waals surface area contributed by atoms with Gasteiger partial charge in [0.25, 0.3) is 0 Å². The van der Waals surface area contributed by atoms with E-state index in [1.165, 1.54) is 6.07 Å². The number of ether oxygens (including phenoxy) is 1. The molecule has 1 saturated carbocycles. The first-order valence-electron chi connectivity index (χ1n) is 11.2. The lowest BCUT2D eigenvalue weighted by molar-refractivity contribution is -0.0136. The predicted molar refractivity (Wildman–Crippen MR) is 118 cm³/mol. The van der Waals surface area contributed by atoms with Gasteiger partial charge in [0.1, 0.15) is 17.2 Å². The summed E-state index contributed by atoms with van der Waals surface area (Å²) in [6.07, 6.45) is 3.01. The number of aromatic nitrogens is 2. The van der Waals surface area contributed by atoms with Crippen LogP contribution in [0.3, 0.4) is 0 Å². The molecule has 2 unspecified atom stereocenters. The molecule has 1 aromatic heterocycles. The van der Waals surface area contributed by atoms with E-state index in [0.29, 0.717) is 30.2 Å². The SMILES string of the molecule is CC1CCC(C)(C)C2=Nc3c(F)cc(-c4nc(N[C@@H]5CCOC[C@H]5O)ncc4F)cc3C21. The van der Waals surface area contributed by atoms with Gasteiger partial charge in [0, 0.05) is 29.2 Å². The number of aliphatic hydroxyl groups is 1. The third kappa shape index (κ3) is 3.59. The van der Waals surface area contributed by atoms with Crippen LogP contribution in [0.25, 0.3) is 11.3 Å². The van der Waals surface area contributed by atoms with Gasteiger partial charge in [-0.1, -0.05) is 20.8 Å². The Balaban J connectivity index is 1.51. The van der Waals surface area contributed by atoms with Crippen LogP contribution in [0.2, 0.25) is 0 Å². The van der Waals surface area contributed by atoms with Crippen LogP contribution in [0.4, 0.5) is 20.4 Å². The van der Waals surface area contributed by atoms with Crippen molar-refractivity contribution < 1.29 is 18.6 Å². The molecular weight excluding hydrogens is 414 g/mol. The Bertz CT molecular complexity index is 1090. The van der Waals surface area contributed by atoms with Gasteiger partial charge < -0.3 is 15.2 Å². The Hall–Kier alpha value is -2.45. The molecule has 8 heteroatoms. The van der Waals surface area contributed by atoms with Crippen LogP contribution in [-0.2, 0) is 4.74 Å². The van der Waals surface area contributed by atoms with Gasteiger partial charge in [0.2, 0.25) is 5.95 Å². The highest BCUT2D eigenvalue weighted by molar-refractivity contribution is 6.03. The number of benzene rings is 1. The van der Waals surface area contributed by atoms with Crippen LogP contribution >= 0.6 is 0 Å². The Kier molecular flexibility index (Phi) is 5.25. The molecule has 0 amide bonds. The van der Waals surface area contributed by atoms with Gasteiger partial charge in [-0.3, -0.25) is 4.99 Å². The third-order valence-electron chi connectivity index (χ3n) is 7.10. The quantitative estimate of drug-likeness (QED) is 0.726. The Morgan fingerprint density at radius 2 is 2.00 bits per heavy atom. The predicted octanol–water partition coefficient (Wildman–Crippen LogP) is 4.61. The van der Waals surface area contributed by atoms with Gasteiger partial charge in [-0.15, -0.1) is 0 Å². The monoisotopic (exact) mass is 442 g/mol. The topological polar surface area (TPSA) is 79.6 Å². The van der Waals surface area contributed by atoms with Crippen LogP contribution in [0.15, 0.2) is 23.3 Å². The number of hydrogen-bond donors (Lipinski definition) is 2. The van der Waals surface area contributed by atoms with E-state index in [1.54, 1.807) is 0 Å². The average Bonchev–Trinajstić information content (AvgIpc) is 3.16. The highest BCUT2D eigenvalue weighted by Gasteiger charge is 2.44. The molecule has 5 rings (SSSR count). The largest absolute Gasteiger partial charge is 0.389 e. The number of nitrogens with zero attached hydrogens (tertiary/aromatic N) is 3. The molecule has 32 heavy (non-hydrogen) atoms. The van der Waals surface area contributed by atoms with Crippen molar-refractivity contribution in [1.29, 1.82) is 0 Å². The Morgan fingerprint density at radius 3 is 2.78 bits per heavy atom. The van der Waals surface area contributed by atoms with Gasteiger partial charge >= 0.3 is 0 Å². The summed E-state index contributed by atoms with van der Waals surface area (Å²) in [6, 6.07) is 2.84. The number of nitrogens with one attached hydrogen (secondary N) is 1. The summed E-state index contributed by atoms with van der Waals surface area (Å²) in [5, 5.41) is 13.2. The lowest BCUT2D eigenvalue weighted by Crippen LogP contribution is -2.42. The molecule has 2 N–H and O–H groups in total. The van der Waals surface area contributed by atoms with Crippen molar-refractivity contribution in [3.63, 3.8) is 0 Å². The zero-order chi connectivity index (χ0) is 22.6. The summed E-state index contributed by atoms with van der Waals surface area (Å²) in [7, 11) is 0. The van der Waals surface area contributed by atoms with Crippen LogP contribution < -0.4 is 5.32 Å². The maximum absolute atomic E-state index is 15.2. The van der Waals surface area contributed by atoms with E-state index in [9.17, 15) is 9.50 Å². The zero-order valence-corrected chi connectivity index (χ0v) is 18.5. The zero-order valence-electron chi connectivity index (χ0n) is 18.5. The van der Waals surface area contributed by atoms with Crippen LogP contribution in [-0.4, -0.2) is 46.1 Å². The number of aliphatic hydroxyl groups excluding tert-OH is 1. The lowest BCUT2D eigenvalue weighted by Gasteiger charge is -2.38.